The second-order valence-electron chi connectivity index (χ2n) is 4.27. The smallest absolute Gasteiger partial charge is 0.222 e. The van der Waals surface area contributed by atoms with Crippen molar-refractivity contribution in [3.05, 3.63) is 0 Å². The summed E-state index contributed by atoms with van der Waals surface area (Å²) in [6, 6.07) is 0. The second-order valence-corrected chi connectivity index (χ2v) is 4.27. The van der Waals surface area contributed by atoms with Gasteiger partial charge in [-0.15, -0.1) is 0 Å². The first kappa shape index (κ1) is 15.4. The largest absolute Gasteiger partial charge is 0.394 e. The van der Waals surface area contributed by atoms with Crippen LogP contribution in [0.15, 0.2) is 0 Å². The molecular weight excluding hydrogens is 206 g/mol. The Kier molecular flexibility index (Phi) is 9.24. The van der Waals surface area contributed by atoms with Gasteiger partial charge in [-0.25, -0.2) is 0 Å². The number of carbonyl (C=O) groups is 1. The lowest BCUT2D eigenvalue weighted by Gasteiger charge is -2.19. The molecule has 0 aromatic heterocycles. The zero-order valence-electron chi connectivity index (χ0n) is 10.5. The molecule has 16 heavy (non-hydrogen) atoms. The SMILES string of the molecule is CCCCCCCC(=O)N(C)CC(O)CO. The van der Waals surface area contributed by atoms with Gasteiger partial charge in [-0.2, -0.15) is 0 Å². The van der Waals surface area contributed by atoms with E-state index in [1.807, 2.05) is 0 Å². The average molecular weight is 231 g/mol. The summed E-state index contributed by atoms with van der Waals surface area (Å²) in [6.07, 6.45) is 5.34. The van der Waals surface area contributed by atoms with Crippen molar-refractivity contribution in [1.29, 1.82) is 0 Å². The third-order valence-corrected chi connectivity index (χ3v) is 2.62. The van der Waals surface area contributed by atoms with Gasteiger partial charge in [0.2, 0.25) is 5.91 Å². The molecule has 0 radical (unpaired) electrons. The Labute approximate surface area is 98.3 Å². The minimum Gasteiger partial charge on any atom is -0.394 e. The molecule has 0 aliphatic rings. The third-order valence-electron chi connectivity index (χ3n) is 2.62. The lowest BCUT2D eigenvalue weighted by Crippen LogP contribution is -2.35. The number of aliphatic hydroxyl groups excluding tert-OH is 2. The van der Waals surface area contributed by atoms with Crippen LogP contribution in [0.5, 0.6) is 0 Å². The zero-order valence-corrected chi connectivity index (χ0v) is 10.5. The lowest BCUT2D eigenvalue weighted by molar-refractivity contribution is -0.131. The van der Waals surface area contributed by atoms with Gasteiger partial charge < -0.3 is 15.1 Å². The summed E-state index contributed by atoms with van der Waals surface area (Å²) < 4.78 is 0. The first-order valence-electron chi connectivity index (χ1n) is 6.14. The number of amides is 1. The molecule has 0 saturated heterocycles. The minimum atomic E-state index is -0.825. The number of rotatable bonds is 9. The Morgan fingerprint density at radius 1 is 1.25 bits per heavy atom. The molecule has 2 N–H and O–H groups in total. The van der Waals surface area contributed by atoms with Gasteiger partial charge in [0.1, 0.15) is 0 Å². The van der Waals surface area contributed by atoms with Crippen molar-refractivity contribution >= 4 is 5.91 Å². The fraction of sp³-hybridized carbons (Fsp3) is 0.917. The molecular formula is C12H25NO3. The summed E-state index contributed by atoms with van der Waals surface area (Å²) in [4.78, 5) is 13.0. The number of hydrogen-bond acceptors (Lipinski definition) is 3. The summed E-state index contributed by atoms with van der Waals surface area (Å²) in [5, 5.41) is 17.8. The van der Waals surface area contributed by atoms with Gasteiger partial charge in [0.25, 0.3) is 0 Å². The van der Waals surface area contributed by atoms with E-state index in [1.54, 1.807) is 7.05 Å². The van der Waals surface area contributed by atoms with E-state index >= 15 is 0 Å². The quantitative estimate of drug-likeness (QED) is 0.585. The highest BCUT2D eigenvalue weighted by atomic mass is 16.3. The van der Waals surface area contributed by atoms with Crippen LogP contribution in [0.3, 0.4) is 0 Å². The molecule has 0 aliphatic carbocycles. The number of nitrogens with zero attached hydrogens (tertiary/aromatic N) is 1. The van der Waals surface area contributed by atoms with Crippen molar-refractivity contribution in [3.8, 4) is 0 Å². The van der Waals surface area contributed by atoms with Crippen molar-refractivity contribution in [2.24, 2.45) is 0 Å². The van der Waals surface area contributed by atoms with E-state index in [9.17, 15) is 9.90 Å². The van der Waals surface area contributed by atoms with Gasteiger partial charge >= 0.3 is 0 Å². The van der Waals surface area contributed by atoms with Gasteiger partial charge in [-0.1, -0.05) is 32.6 Å². The Morgan fingerprint density at radius 3 is 2.44 bits per heavy atom. The van der Waals surface area contributed by atoms with Crippen LogP contribution in [-0.4, -0.2) is 47.3 Å². The number of hydrogen-bond donors (Lipinski definition) is 2. The van der Waals surface area contributed by atoms with Gasteiger partial charge in [-0.3, -0.25) is 4.79 Å². The molecule has 4 heteroatoms. The molecule has 0 aromatic carbocycles. The third kappa shape index (κ3) is 7.65. The lowest BCUT2D eigenvalue weighted by atomic mass is 10.1. The van der Waals surface area contributed by atoms with E-state index in [0.29, 0.717) is 6.42 Å². The van der Waals surface area contributed by atoms with E-state index < -0.39 is 6.10 Å². The Balaban J connectivity index is 3.55. The fourth-order valence-corrected chi connectivity index (χ4v) is 1.55. The molecule has 0 heterocycles. The molecule has 0 spiro atoms. The highest BCUT2D eigenvalue weighted by Gasteiger charge is 2.12. The summed E-state index contributed by atoms with van der Waals surface area (Å²) in [5.74, 6) is 0.0454. The van der Waals surface area contributed by atoms with Crippen LogP contribution in [0, 0.1) is 0 Å². The normalized spacial score (nSPS) is 12.5. The molecule has 1 amide bonds. The van der Waals surface area contributed by atoms with Crippen LogP contribution in [0.2, 0.25) is 0 Å². The minimum absolute atomic E-state index is 0.0454. The van der Waals surface area contributed by atoms with Gasteiger partial charge in [0, 0.05) is 20.0 Å². The van der Waals surface area contributed by atoms with Crippen molar-refractivity contribution in [3.63, 3.8) is 0 Å². The van der Waals surface area contributed by atoms with Crippen LogP contribution in [-0.2, 0) is 4.79 Å². The summed E-state index contributed by atoms with van der Waals surface area (Å²) in [7, 11) is 1.66. The first-order valence-corrected chi connectivity index (χ1v) is 6.14. The predicted octanol–water partition coefficient (Wildman–Crippen LogP) is 1.16. The molecule has 0 aromatic rings. The van der Waals surface area contributed by atoms with Crippen molar-refractivity contribution in [2.75, 3.05) is 20.2 Å². The molecule has 96 valence electrons. The number of carbonyl (C=O) groups excluding carboxylic acids is 1. The van der Waals surface area contributed by atoms with Crippen LogP contribution in [0.25, 0.3) is 0 Å². The predicted molar refractivity (Wildman–Crippen MR) is 64.1 cm³/mol. The molecule has 0 saturated carbocycles. The van der Waals surface area contributed by atoms with E-state index in [-0.39, 0.29) is 19.1 Å². The van der Waals surface area contributed by atoms with Crippen molar-refractivity contribution in [1.82, 2.24) is 4.90 Å². The van der Waals surface area contributed by atoms with E-state index in [4.69, 9.17) is 5.11 Å². The maximum Gasteiger partial charge on any atom is 0.222 e. The molecule has 1 unspecified atom stereocenters. The fourth-order valence-electron chi connectivity index (χ4n) is 1.55. The first-order chi connectivity index (χ1) is 7.61. The van der Waals surface area contributed by atoms with E-state index in [1.165, 1.54) is 24.2 Å². The van der Waals surface area contributed by atoms with E-state index in [0.717, 1.165) is 12.8 Å². The Hall–Kier alpha value is -0.610. The van der Waals surface area contributed by atoms with Crippen LogP contribution in [0.1, 0.15) is 45.4 Å². The van der Waals surface area contributed by atoms with Gasteiger partial charge in [-0.05, 0) is 6.42 Å². The van der Waals surface area contributed by atoms with Crippen LogP contribution < -0.4 is 0 Å². The summed E-state index contributed by atoms with van der Waals surface area (Å²) in [5.41, 5.74) is 0. The topological polar surface area (TPSA) is 60.8 Å². The number of aliphatic hydroxyl groups is 2. The second kappa shape index (κ2) is 9.60. The highest BCUT2D eigenvalue weighted by Crippen LogP contribution is 2.06. The van der Waals surface area contributed by atoms with Gasteiger partial charge in [0.15, 0.2) is 0 Å². The maximum atomic E-state index is 11.6. The highest BCUT2D eigenvalue weighted by molar-refractivity contribution is 5.75. The number of likely N-dealkylation sites (N-methyl/N-ethyl adjacent to an activating group) is 1. The Bertz CT molecular complexity index is 185. The van der Waals surface area contributed by atoms with Crippen LogP contribution in [0.4, 0.5) is 0 Å². The molecule has 0 bridgehead atoms. The molecule has 4 nitrogen and oxygen atoms in total. The van der Waals surface area contributed by atoms with Crippen molar-refractivity contribution < 1.29 is 15.0 Å². The average Bonchev–Trinajstić information content (AvgIpc) is 2.28. The summed E-state index contributed by atoms with van der Waals surface area (Å²) in [6.45, 7) is 2.08. The van der Waals surface area contributed by atoms with Crippen LogP contribution >= 0.6 is 0 Å². The monoisotopic (exact) mass is 231 g/mol. The molecule has 1 atom stereocenters. The molecule has 0 fully saturated rings. The Morgan fingerprint density at radius 2 is 1.88 bits per heavy atom. The zero-order chi connectivity index (χ0) is 12.4. The molecule has 0 aliphatic heterocycles. The molecule has 0 rings (SSSR count). The van der Waals surface area contributed by atoms with Crippen molar-refractivity contribution in [2.45, 2.75) is 51.6 Å². The van der Waals surface area contributed by atoms with E-state index in [2.05, 4.69) is 6.92 Å². The van der Waals surface area contributed by atoms with Gasteiger partial charge in [0.05, 0.1) is 12.7 Å². The maximum absolute atomic E-state index is 11.6. The standard InChI is InChI=1S/C12H25NO3/c1-3-4-5-6-7-8-12(16)13(2)9-11(15)10-14/h11,14-15H,3-10H2,1-2H3. The number of unbranched alkanes of at least 4 members (excludes halogenated alkanes) is 4. The summed E-state index contributed by atoms with van der Waals surface area (Å²) >= 11 is 0.